The van der Waals surface area contributed by atoms with Gasteiger partial charge in [-0.1, -0.05) is 37.3 Å². The van der Waals surface area contributed by atoms with Crippen LogP contribution in [0.1, 0.15) is 54.2 Å². The minimum atomic E-state index is -0.464. The van der Waals surface area contributed by atoms with Gasteiger partial charge in [-0.3, -0.25) is 4.98 Å². The molecule has 104 valence electrons. The van der Waals surface area contributed by atoms with Crippen LogP contribution in [-0.2, 0) is 12.8 Å². The normalized spacial score (nSPS) is 16.1. The van der Waals surface area contributed by atoms with Crippen LogP contribution in [0.3, 0.4) is 0 Å². The van der Waals surface area contributed by atoms with Crippen molar-refractivity contribution in [1.82, 2.24) is 4.98 Å². The average Bonchev–Trinajstić information content (AvgIpc) is 3.33. The molecule has 3 rings (SSSR count). The SMILES string of the molecule is CCc1ccc(CC(O)c2cccc(C3CC3)c2)nc1. The Labute approximate surface area is 120 Å². The van der Waals surface area contributed by atoms with Crippen molar-refractivity contribution >= 4 is 0 Å². The largest absolute Gasteiger partial charge is 0.388 e. The van der Waals surface area contributed by atoms with E-state index in [2.05, 4.69) is 36.2 Å². The van der Waals surface area contributed by atoms with Crippen LogP contribution in [0.4, 0.5) is 0 Å². The molecular formula is C18H21NO. The van der Waals surface area contributed by atoms with Crippen LogP contribution in [0.5, 0.6) is 0 Å². The van der Waals surface area contributed by atoms with E-state index in [0.717, 1.165) is 23.6 Å². The fraction of sp³-hybridized carbons (Fsp3) is 0.389. The van der Waals surface area contributed by atoms with Crippen LogP contribution in [-0.4, -0.2) is 10.1 Å². The molecule has 1 fully saturated rings. The average molecular weight is 267 g/mol. The van der Waals surface area contributed by atoms with Gasteiger partial charge < -0.3 is 5.11 Å². The summed E-state index contributed by atoms with van der Waals surface area (Å²) in [5, 5.41) is 10.4. The Morgan fingerprint density at radius 1 is 1.25 bits per heavy atom. The molecule has 1 atom stereocenters. The van der Waals surface area contributed by atoms with E-state index >= 15 is 0 Å². The topological polar surface area (TPSA) is 33.1 Å². The summed E-state index contributed by atoms with van der Waals surface area (Å²) in [6.07, 6.45) is 5.60. The Balaban J connectivity index is 1.71. The van der Waals surface area contributed by atoms with Crippen molar-refractivity contribution in [2.75, 3.05) is 0 Å². The predicted octanol–water partition coefficient (Wildman–Crippen LogP) is 3.80. The van der Waals surface area contributed by atoms with Crippen molar-refractivity contribution in [2.45, 2.75) is 44.6 Å². The standard InChI is InChI=1S/C18H21NO/c1-2-13-6-9-17(19-12-13)11-18(20)16-5-3-4-15(10-16)14-7-8-14/h3-6,9-10,12,14,18,20H,2,7-8,11H2,1H3. The fourth-order valence-corrected chi connectivity index (χ4v) is 2.54. The second-order valence-electron chi connectivity index (χ2n) is 5.68. The second kappa shape index (κ2) is 5.76. The molecule has 0 radical (unpaired) electrons. The summed E-state index contributed by atoms with van der Waals surface area (Å²) in [4.78, 5) is 4.42. The maximum atomic E-state index is 10.4. The summed E-state index contributed by atoms with van der Waals surface area (Å²) >= 11 is 0. The van der Waals surface area contributed by atoms with Gasteiger partial charge in [0.05, 0.1) is 6.10 Å². The van der Waals surface area contributed by atoms with E-state index < -0.39 is 6.10 Å². The van der Waals surface area contributed by atoms with E-state index in [4.69, 9.17) is 0 Å². The number of rotatable bonds is 5. The quantitative estimate of drug-likeness (QED) is 0.894. The highest BCUT2D eigenvalue weighted by molar-refractivity contribution is 5.31. The van der Waals surface area contributed by atoms with E-state index in [1.165, 1.54) is 24.0 Å². The van der Waals surface area contributed by atoms with Crippen molar-refractivity contribution in [1.29, 1.82) is 0 Å². The van der Waals surface area contributed by atoms with Crippen molar-refractivity contribution in [2.24, 2.45) is 0 Å². The highest BCUT2D eigenvalue weighted by Gasteiger charge is 2.24. The maximum Gasteiger partial charge on any atom is 0.0845 e. The molecule has 0 spiro atoms. The van der Waals surface area contributed by atoms with E-state index in [1.54, 1.807) is 0 Å². The summed E-state index contributed by atoms with van der Waals surface area (Å²) in [7, 11) is 0. The maximum absolute atomic E-state index is 10.4. The number of aryl methyl sites for hydroxylation is 1. The summed E-state index contributed by atoms with van der Waals surface area (Å²) in [6, 6.07) is 12.5. The number of aliphatic hydroxyl groups excluding tert-OH is 1. The molecule has 2 nitrogen and oxygen atoms in total. The Kier molecular flexibility index (Phi) is 3.83. The van der Waals surface area contributed by atoms with Crippen molar-refractivity contribution < 1.29 is 5.11 Å². The van der Waals surface area contributed by atoms with Gasteiger partial charge in [0.25, 0.3) is 0 Å². The van der Waals surface area contributed by atoms with Crippen LogP contribution < -0.4 is 0 Å². The van der Waals surface area contributed by atoms with Crippen molar-refractivity contribution in [3.05, 3.63) is 65.0 Å². The van der Waals surface area contributed by atoms with Gasteiger partial charge >= 0.3 is 0 Å². The van der Waals surface area contributed by atoms with Crippen LogP contribution in [0.25, 0.3) is 0 Å². The Hall–Kier alpha value is -1.67. The van der Waals surface area contributed by atoms with Gasteiger partial charge in [-0.2, -0.15) is 0 Å². The monoisotopic (exact) mass is 267 g/mol. The van der Waals surface area contributed by atoms with Gasteiger partial charge in [-0.25, -0.2) is 0 Å². The van der Waals surface area contributed by atoms with Gasteiger partial charge in [0.2, 0.25) is 0 Å². The van der Waals surface area contributed by atoms with Crippen LogP contribution >= 0.6 is 0 Å². The van der Waals surface area contributed by atoms with E-state index in [9.17, 15) is 5.11 Å². The van der Waals surface area contributed by atoms with Gasteiger partial charge in [0.1, 0.15) is 0 Å². The molecule has 1 aromatic heterocycles. The number of hydrogen-bond donors (Lipinski definition) is 1. The lowest BCUT2D eigenvalue weighted by Crippen LogP contribution is -2.04. The molecule has 2 heteroatoms. The molecule has 20 heavy (non-hydrogen) atoms. The van der Waals surface area contributed by atoms with Gasteiger partial charge in [0, 0.05) is 18.3 Å². The minimum absolute atomic E-state index is 0.464. The summed E-state index contributed by atoms with van der Waals surface area (Å²) in [6.45, 7) is 2.12. The summed E-state index contributed by atoms with van der Waals surface area (Å²) in [5.74, 6) is 0.726. The Morgan fingerprint density at radius 2 is 2.10 bits per heavy atom. The Bertz CT molecular complexity index is 572. The Morgan fingerprint density at radius 3 is 2.75 bits per heavy atom. The third-order valence-electron chi connectivity index (χ3n) is 4.04. The number of pyridine rings is 1. The van der Waals surface area contributed by atoms with Gasteiger partial charge in [0.15, 0.2) is 0 Å². The highest BCUT2D eigenvalue weighted by atomic mass is 16.3. The molecule has 0 amide bonds. The molecule has 1 aliphatic rings. The minimum Gasteiger partial charge on any atom is -0.388 e. The summed E-state index contributed by atoms with van der Waals surface area (Å²) in [5.41, 5.74) is 4.57. The van der Waals surface area contributed by atoms with Crippen LogP contribution in [0, 0.1) is 0 Å². The molecule has 1 unspecified atom stereocenters. The number of nitrogens with zero attached hydrogens (tertiary/aromatic N) is 1. The first kappa shape index (κ1) is 13.3. The molecule has 1 N–H and O–H groups in total. The second-order valence-corrected chi connectivity index (χ2v) is 5.68. The zero-order valence-corrected chi connectivity index (χ0v) is 11.9. The summed E-state index contributed by atoms with van der Waals surface area (Å²) < 4.78 is 0. The van der Waals surface area contributed by atoms with Gasteiger partial charge in [-0.05, 0) is 47.9 Å². The van der Waals surface area contributed by atoms with E-state index in [1.807, 2.05) is 18.3 Å². The molecule has 0 bridgehead atoms. The molecule has 1 aliphatic carbocycles. The lowest BCUT2D eigenvalue weighted by atomic mass is 10.00. The van der Waals surface area contributed by atoms with Gasteiger partial charge in [-0.15, -0.1) is 0 Å². The van der Waals surface area contributed by atoms with E-state index in [-0.39, 0.29) is 0 Å². The molecule has 1 saturated carbocycles. The zero-order chi connectivity index (χ0) is 13.9. The lowest BCUT2D eigenvalue weighted by Gasteiger charge is -2.12. The van der Waals surface area contributed by atoms with Crippen LogP contribution in [0.2, 0.25) is 0 Å². The third-order valence-corrected chi connectivity index (χ3v) is 4.04. The molecular weight excluding hydrogens is 246 g/mol. The number of benzene rings is 1. The molecule has 0 aliphatic heterocycles. The first-order valence-electron chi connectivity index (χ1n) is 7.48. The predicted molar refractivity (Wildman–Crippen MR) is 80.7 cm³/mol. The highest BCUT2D eigenvalue weighted by Crippen LogP contribution is 2.40. The fourth-order valence-electron chi connectivity index (χ4n) is 2.54. The first-order valence-corrected chi connectivity index (χ1v) is 7.48. The van der Waals surface area contributed by atoms with Crippen molar-refractivity contribution in [3.63, 3.8) is 0 Å². The number of aliphatic hydroxyl groups is 1. The third kappa shape index (κ3) is 3.07. The van der Waals surface area contributed by atoms with E-state index in [0.29, 0.717) is 6.42 Å². The zero-order valence-electron chi connectivity index (χ0n) is 11.9. The molecule has 0 saturated heterocycles. The first-order chi connectivity index (χ1) is 9.76. The molecule has 1 heterocycles. The lowest BCUT2D eigenvalue weighted by molar-refractivity contribution is 0.177. The number of aromatic nitrogens is 1. The van der Waals surface area contributed by atoms with Crippen LogP contribution in [0.15, 0.2) is 42.6 Å². The van der Waals surface area contributed by atoms with Crippen molar-refractivity contribution in [3.8, 4) is 0 Å². The smallest absolute Gasteiger partial charge is 0.0845 e. The molecule has 2 aromatic rings. The molecule has 1 aromatic carbocycles. The number of hydrogen-bond acceptors (Lipinski definition) is 2.